The highest BCUT2D eigenvalue weighted by Crippen LogP contribution is 2.38. The van der Waals surface area contributed by atoms with Crippen LogP contribution in [0.1, 0.15) is 17.0 Å². The summed E-state index contributed by atoms with van der Waals surface area (Å²) >= 11 is 0. The molecule has 0 aliphatic carbocycles. The minimum Gasteiger partial charge on any atom is -0.497 e. The van der Waals surface area contributed by atoms with Gasteiger partial charge in [0, 0.05) is 41.9 Å². The van der Waals surface area contributed by atoms with Crippen molar-refractivity contribution < 1.29 is 22.3 Å². The van der Waals surface area contributed by atoms with Crippen molar-refractivity contribution in [1.29, 1.82) is 0 Å². The Kier molecular flexibility index (Phi) is 4.78. The van der Waals surface area contributed by atoms with Gasteiger partial charge in [0.1, 0.15) is 29.0 Å². The number of halogens is 4. The van der Waals surface area contributed by atoms with Gasteiger partial charge >= 0.3 is 0 Å². The summed E-state index contributed by atoms with van der Waals surface area (Å²) in [6.07, 6.45) is 0. The minimum atomic E-state index is -0.850. The molecule has 0 radical (unpaired) electrons. The number of hydrogen-bond acceptors (Lipinski definition) is 2. The first-order chi connectivity index (χ1) is 12.7. The molecule has 0 aliphatic heterocycles. The number of hydrogen-bond donors (Lipinski definition) is 0. The van der Waals surface area contributed by atoms with E-state index >= 15 is 0 Å². The van der Waals surface area contributed by atoms with Crippen LogP contribution in [0, 0.1) is 30.2 Å². The summed E-state index contributed by atoms with van der Waals surface area (Å²) in [5.41, 5.74) is 0.513. The second-order valence-electron chi connectivity index (χ2n) is 6.00. The van der Waals surface area contributed by atoms with E-state index < -0.39 is 23.3 Å². The second-order valence-corrected chi connectivity index (χ2v) is 6.00. The molecule has 3 rings (SSSR count). The summed E-state index contributed by atoms with van der Waals surface area (Å²) in [5.74, 6) is -3.24. The summed E-state index contributed by atoms with van der Waals surface area (Å²) in [6.45, 7) is 5.43. The predicted molar refractivity (Wildman–Crippen MR) is 94.3 cm³/mol. The molecule has 0 spiro atoms. The van der Waals surface area contributed by atoms with Gasteiger partial charge in [0.05, 0.1) is 24.1 Å². The fourth-order valence-corrected chi connectivity index (χ4v) is 3.07. The van der Waals surface area contributed by atoms with Gasteiger partial charge in [-0.3, -0.25) is 4.68 Å². The Morgan fingerprint density at radius 2 is 1.63 bits per heavy atom. The van der Waals surface area contributed by atoms with E-state index in [1.165, 1.54) is 17.9 Å². The average Bonchev–Trinajstić information content (AvgIpc) is 2.87. The topological polar surface area (TPSA) is 27.1 Å². The molecule has 0 unspecified atom stereocenters. The highest BCUT2D eigenvalue weighted by molar-refractivity contribution is 5.87. The van der Waals surface area contributed by atoms with Gasteiger partial charge in [0.2, 0.25) is 0 Å². The minimum absolute atomic E-state index is 0.00924. The highest BCUT2D eigenvalue weighted by Gasteiger charge is 2.25. The largest absolute Gasteiger partial charge is 0.497 e. The smallest absolute Gasteiger partial charge is 0.137 e. The van der Waals surface area contributed by atoms with Gasteiger partial charge in [-0.1, -0.05) is 6.58 Å². The van der Waals surface area contributed by atoms with Gasteiger partial charge in [0.15, 0.2) is 0 Å². The average molecular weight is 376 g/mol. The fraction of sp³-hybridized carbons (Fsp3) is 0.150. The predicted octanol–water partition coefficient (Wildman–Crippen LogP) is 5.02. The molecule has 0 fully saturated rings. The third-order valence-corrected chi connectivity index (χ3v) is 4.27. The van der Waals surface area contributed by atoms with Crippen molar-refractivity contribution in [3.05, 3.63) is 77.1 Å². The number of nitrogens with zero attached hydrogens (tertiary/aromatic N) is 2. The van der Waals surface area contributed by atoms with Gasteiger partial charge in [0.25, 0.3) is 0 Å². The molecule has 3 aromatic rings. The maximum Gasteiger partial charge on any atom is 0.137 e. The van der Waals surface area contributed by atoms with E-state index in [1.54, 1.807) is 14.0 Å². The Bertz CT molecular complexity index is 1030. The van der Waals surface area contributed by atoms with E-state index in [9.17, 15) is 17.6 Å². The molecule has 27 heavy (non-hydrogen) atoms. The van der Waals surface area contributed by atoms with Crippen LogP contribution in [0.15, 0.2) is 36.9 Å². The molecule has 0 saturated heterocycles. The molecule has 1 heterocycles. The third kappa shape index (κ3) is 3.20. The number of benzene rings is 2. The molecule has 0 N–H and O–H groups in total. The normalized spacial score (nSPS) is 10.9. The van der Waals surface area contributed by atoms with Crippen molar-refractivity contribution in [2.45, 2.75) is 6.92 Å². The number of rotatable bonds is 4. The summed E-state index contributed by atoms with van der Waals surface area (Å²) in [5, 5.41) is 4.20. The number of aryl methyl sites for hydroxylation is 2. The molecule has 0 atom stereocenters. The Morgan fingerprint density at radius 1 is 1.00 bits per heavy atom. The van der Waals surface area contributed by atoms with Crippen LogP contribution in [0.4, 0.5) is 17.6 Å². The molecule has 0 amide bonds. The third-order valence-electron chi connectivity index (χ3n) is 4.27. The van der Waals surface area contributed by atoms with Gasteiger partial charge in [-0.15, -0.1) is 0 Å². The van der Waals surface area contributed by atoms with Crippen LogP contribution < -0.4 is 4.74 Å². The first kappa shape index (κ1) is 18.7. The Hall–Kier alpha value is -3.09. The first-order valence-electron chi connectivity index (χ1n) is 7.96. The molecule has 0 bridgehead atoms. The summed E-state index contributed by atoms with van der Waals surface area (Å²) in [6, 6.07) is 5.13. The first-order valence-corrected chi connectivity index (χ1v) is 7.96. The maximum atomic E-state index is 14.6. The second kappa shape index (κ2) is 6.90. The van der Waals surface area contributed by atoms with Gasteiger partial charge in [-0.05, 0) is 19.1 Å². The van der Waals surface area contributed by atoms with E-state index in [4.69, 9.17) is 4.74 Å². The van der Waals surface area contributed by atoms with E-state index in [1.807, 2.05) is 0 Å². The summed E-state index contributed by atoms with van der Waals surface area (Å²) in [7, 11) is 2.85. The number of aromatic nitrogens is 2. The van der Waals surface area contributed by atoms with E-state index in [-0.39, 0.29) is 33.7 Å². The van der Waals surface area contributed by atoms with Crippen molar-refractivity contribution in [2.75, 3.05) is 7.11 Å². The van der Waals surface area contributed by atoms with Gasteiger partial charge in [-0.2, -0.15) is 5.10 Å². The zero-order chi connectivity index (χ0) is 19.9. The Balaban J connectivity index is 2.25. The van der Waals surface area contributed by atoms with Crippen LogP contribution in [0.3, 0.4) is 0 Å². The SMILES string of the molecule is C=C(c1ccc(F)cc1F)c1c(-c2c(F)cc(OC)cc2F)c(C)nn1C. The fourth-order valence-electron chi connectivity index (χ4n) is 3.07. The van der Waals surface area contributed by atoms with Gasteiger partial charge in [-0.25, -0.2) is 17.6 Å². The number of ether oxygens (including phenoxy) is 1. The molecule has 140 valence electrons. The lowest BCUT2D eigenvalue weighted by atomic mass is 9.94. The standard InChI is InChI=1S/C20H16F4N2O/c1-10(14-6-5-12(21)7-15(14)22)20-18(11(2)25-26(20)3)19-16(23)8-13(27-4)9-17(19)24/h5-9H,1H2,2-4H3. The molecule has 0 aliphatic rings. The molecule has 0 saturated carbocycles. The van der Waals surface area contributed by atoms with E-state index in [2.05, 4.69) is 11.7 Å². The van der Waals surface area contributed by atoms with Gasteiger partial charge < -0.3 is 4.74 Å². The molecule has 2 aromatic carbocycles. The van der Waals surface area contributed by atoms with Crippen LogP contribution in [0.25, 0.3) is 16.7 Å². The lowest BCUT2D eigenvalue weighted by Crippen LogP contribution is -2.02. The van der Waals surface area contributed by atoms with Crippen LogP contribution in [0.5, 0.6) is 5.75 Å². The van der Waals surface area contributed by atoms with Crippen molar-refractivity contribution >= 4 is 5.57 Å². The number of methoxy groups -OCH3 is 1. The molecular weight excluding hydrogens is 360 g/mol. The van der Waals surface area contributed by atoms with Crippen LogP contribution in [0.2, 0.25) is 0 Å². The lowest BCUT2D eigenvalue weighted by molar-refractivity contribution is 0.407. The molecule has 7 heteroatoms. The van der Waals surface area contributed by atoms with E-state index in [0.29, 0.717) is 5.69 Å². The van der Waals surface area contributed by atoms with Crippen molar-refractivity contribution in [1.82, 2.24) is 9.78 Å². The molecular formula is C20H16F4N2O. The quantitative estimate of drug-likeness (QED) is 0.598. The van der Waals surface area contributed by atoms with Crippen LogP contribution in [-0.2, 0) is 7.05 Å². The summed E-state index contributed by atoms with van der Waals surface area (Å²) in [4.78, 5) is 0. The van der Waals surface area contributed by atoms with Crippen molar-refractivity contribution in [2.24, 2.45) is 7.05 Å². The van der Waals surface area contributed by atoms with Crippen LogP contribution in [-0.4, -0.2) is 16.9 Å². The van der Waals surface area contributed by atoms with Crippen molar-refractivity contribution in [3.8, 4) is 16.9 Å². The lowest BCUT2D eigenvalue weighted by Gasteiger charge is -2.13. The van der Waals surface area contributed by atoms with Crippen molar-refractivity contribution in [3.63, 3.8) is 0 Å². The highest BCUT2D eigenvalue weighted by atomic mass is 19.1. The molecule has 3 nitrogen and oxygen atoms in total. The maximum absolute atomic E-state index is 14.6. The monoisotopic (exact) mass is 376 g/mol. The molecule has 1 aromatic heterocycles. The zero-order valence-corrected chi connectivity index (χ0v) is 14.9. The summed E-state index contributed by atoms with van der Waals surface area (Å²) < 4.78 is 63.0. The zero-order valence-electron chi connectivity index (χ0n) is 14.9. The van der Waals surface area contributed by atoms with E-state index in [0.717, 1.165) is 24.3 Å². The Morgan fingerprint density at radius 3 is 2.19 bits per heavy atom. The van der Waals surface area contributed by atoms with Crippen LogP contribution >= 0.6 is 0 Å². The Labute approximate surface area is 153 Å².